The minimum absolute atomic E-state index is 0.0963. The normalized spacial score (nSPS) is 24.0. The second-order valence-corrected chi connectivity index (χ2v) is 6.88. The molecule has 6 nitrogen and oxygen atoms in total. The van der Waals surface area contributed by atoms with E-state index in [9.17, 15) is 10.1 Å². The van der Waals surface area contributed by atoms with Gasteiger partial charge >= 0.3 is 0 Å². The summed E-state index contributed by atoms with van der Waals surface area (Å²) in [6, 6.07) is 7.17. The lowest BCUT2D eigenvalue weighted by Crippen LogP contribution is -2.35. The summed E-state index contributed by atoms with van der Waals surface area (Å²) in [5.41, 5.74) is 2.72. The van der Waals surface area contributed by atoms with Gasteiger partial charge in [0.2, 0.25) is 0 Å². The number of anilines is 1. The first kappa shape index (κ1) is 15.3. The summed E-state index contributed by atoms with van der Waals surface area (Å²) in [6.07, 6.45) is 4.88. The standard InChI is InChI=1S/C18H21N3O3/c1-11-8-17(15-10-14(21(22)23)4-5-16(15)19-11)20-13-6-7-24-18(9-13)12-2-3-12/h4-5,8,10,12-13,18H,2-3,6-7,9H2,1H3,(H,19,20). The van der Waals surface area contributed by atoms with Crippen molar-refractivity contribution < 1.29 is 9.66 Å². The van der Waals surface area contributed by atoms with Crippen molar-refractivity contribution in [1.82, 2.24) is 4.98 Å². The number of ether oxygens (including phenoxy) is 1. The number of aryl methyl sites for hydroxylation is 1. The third kappa shape index (κ3) is 3.06. The van der Waals surface area contributed by atoms with E-state index < -0.39 is 0 Å². The fourth-order valence-corrected chi connectivity index (χ4v) is 3.55. The second kappa shape index (κ2) is 6.02. The zero-order valence-corrected chi connectivity index (χ0v) is 13.7. The van der Waals surface area contributed by atoms with Gasteiger partial charge in [-0.15, -0.1) is 0 Å². The van der Waals surface area contributed by atoms with Crippen LogP contribution in [-0.2, 0) is 4.74 Å². The van der Waals surface area contributed by atoms with Gasteiger partial charge in [0.05, 0.1) is 16.5 Å². The summed E-state index contributed by atoms with van der Waals surface area (Å²) in [5, 5.41) is 15.5. The number of nitrogens with zero attached hydrogens (tertiary/aromatic N) is 2. The summed E-state index contributed by atoms with van der Waals surface area (Å²) in [6.45, 7) is 2.73. The Hall–Kier alpha value is -2.21. The molecule has 0 amide bonds. The average molecular weight is 327 g/mol. The highest BCUT2D eigenvalue weighted by Crippen LogP contribution is 2.39. The summed E-state index contributed by atoms with van der Waals surface area (Å²) in [5.74, 6) is 0.728. The van der Waals surface area contributed by atoms with Crippen molar-refractivity contribution in [2.45, 2.75) is 44.8 Å². The molecule has 2 aromatic rings. The van der Waals surface area contributed by atoms with Crippen LogP contribution in [0.25, 0.3) is 10.9 Å². The molecule has 2 heterocycles. The van der Waals surface area contributed by atoms with Crippen molar-refractivity contribution in [1.29, 1.82) is 0 Å². The van der Waals surface area contributed by atoms with Gasteiger partial charge in [-0.25, -0.2) is 0 Å². The number of non-ortho nitro benzene ring substituents is 1. The van der Waals surface area contributed by atoms with E-state index in [1.54, 1.807) is 12.1 Å². The highest BCUT2D eigenvalue weighted by molar-refractivity contribution is 5.93. The smallest absolute Gasteiger partial charge is 0.270 e. The topological polar surface area (TPSA) is 77.3 Å². The number of nitrogens with one attached hydrogen (secondary N) is 1. The van der Waals surface area contributed by atoms with Crippen LogP contribution in [0, 0.1) is 23.0 Å². The molecule has 2 fully saturated rings. The molecule has 2 aliphatic rings. The molecule has 24 heavy (non-hydrogen) atoms. The van der Waals surface area contributed by atoms with Crippen LogP contribution >= 0.6 is 0 Å². The maximum absolute atomic E-state index is 11.1. The maximum atomic E-state index is 11.1. The van der Waals surface area contributed by atoms with Gasteiger partial charge in [0.15, 0.2) is 0 Å². The molecular formula is C18H21N3O3. The molecule has 6 heteroatoms. The second-order valence-electron chi connectivity index (χ2n) is 6.88. The third-order valence-electron chi connectivity index (χ3n) is 4.95. The van der Waals surface area contributed by atoms with Gasteiger partial charge in [0, 0.05) is 41.5 Å². The molecule has 2 unspecified atom stereocenters. The Bertz CT molecular complexity index is 788. The number of fused-ring (bicyclic) bond motifs is 1. The lowest BCUT2D eigenvalue weighted by Gasteiger charge is -2.31. The molecule has 1 aromatic carbocycles. The van der Waals surface area contributed by atoms with Crippen LogP contribution in [0.3, 0.4) is 0 Å². The van der Waals surface area contributed by atoms with Crippen LogP contribution in [0.15, 0.2) is 24.3 Å². The van der Waals surface area contributed by atoms with E-state index in [-0.39, 0.29) is 10.6 Å². The predicted molar refractivity (Wildman–Crippen MR) is 92.2 cm³/mol. The summed E-state index contributed by atoms with van der Waals surface area (Å²) in [7, 11) is 0. The Morgan fingerprint density at radius 2 is 2.12 bits per heavy atom. The van der Waals surface area contributed by atoms with Gasteiger partial charge in [-0.1, -0.05) is 0 Å². The van der Waals surface area contributed by atoms with E-state index in [2.05, 4.69) is 10.3 Å². The molecule has 1 saturated heterocycles. The molecular weight excluding hydrogens is 306 g/mol. The Labute approximate surface area is 140 Å². The number of pyridine rings is 1. The van der Waals surface area contributed by atoms with E-state index in [1.807, 2.05) is 13.0 Å². The summed E-state index contributed by atoms with van der Waals surface area (Å²) < 4.78 is 5.89. The van der Waals surface area contributed by atoms with Crippen molar-refractivity contribution >= 4 is 22.3 Å². The number of aromatic nitrogens is 1. The first-order chi connectivity index (χ1) is 11.6. The Morgan fingerprint density at radius 3 is 2.88 bits per heavy atom. The summed E-state index contributed by atoms with van der Waals surface area (Å²) >= 11 is 0. The predicted octanol–water partition coefficient (Wildman–Crippen LogP) is 3.82. The van der Waals surface area contributed by atoms with E-state index in [4.69, 9.17) is 4.74 Å². The van der Waals surface area contributed by atoms with Crippen LogP contribution < -0.4 is 5.32 Å². The third-order valence-corrected chi connectivity index (χ3v) is 4.95. The van der Waals surface area contributed by atoms with Crippen LogP contribution in [0.2, 0.25) is 0 Å². The SMILES string of the molecule is Cc1cc(NC2CCOC(C3CC3)C2)c2cc([N+](=O)[O-])ccc2n1. The van der Waals surface area contributed by atoms with Crippen molar-refractivity contribution in [3.05, 3.63) is 40.1 Å². The zero-order valence-electron chi connectivity index (χ0n) is 13.7. The number of rotatable bonds is 4. The lowest BCUT2D eigenvalue weighted by molar-refractivity contribution is -0.384. The highest BCUT2D eigenvalue weighted by atomic mass is 16.6. The van der Waals surface area contributed by atoms with Crippen LogP contribution in [0.4, 0.5) is 11.4 Å². The molecule has 1 saturated carbocycles. The van der Waals surface area contributed by atoms with Crippen molar-refractivity contribution in [3.63, 3.8) is 0 Å². The fraction of sp³-hybridized carbons (Fsp3) is 0.500. The van der Waals surface area contributed by atoms with E-state index in [0.717, 1.165) is 47.7 Å². The van der Waals surface area contributed by atoms with Crippen molar-refractivity contribution in [3.8, 4) is 0 Å². The number of hydrogen-bond donors (Lipinski definition) is 1. The largest absolute Gasteiger partial charge is 0.382 e. The number of nitro benzene ring substituents is 1. The average Bonchev–Trinajstić information content (AvgIpc) is 3.39. The monoisotopic (exact) mass is 327 g/mol. The molecule has 4 rings (SSSR count). The minimum Gasteiger partial charge on any atom is -0.382 e. The van der Waals surface area contributed by atoms with E-state index >= 15 is 0 Å². The lowest BCUT2D eigenvalue weighted by atomic mass is 9.99. The molecule has 0 radical (unpaired) electrons. The van der Waals surface area contributed by atoms with Gasteiger partial charge in [-0.2, -0.15) is 0 Å². The number of benzene rings is 1. The maximum Gasteiger partial charge on any atom is 0.270 e. The van der Waals surface area contributed by atoms with Gasteiger partial charge in [-0.3, -0.25) is 15.1 Å². The Morgan fingerprint density at radius 1 is 1.29 bits per heavy atom. The van der Waals surface area contributed by atoms with Gasteiger partial charge in [0.1, 0.15) is 0 Å². The van der Waals surface area contributed by atoms with E-state index in [1.165, 1.54) is 18.9 Å². The number of hydrogen-bond acceptors (Lipinski definition) is 5. The quantitative estimate of drug-likeness (QED) is 0.682. The zero-order chi connectivity index (χ0) is 16.7. The molecule has 0 spiro atoms. The molecule has 2 atom stereocenters. The van der Waals surface area contributed by atoms with Crippen LogP contribution in [-0.4, -0.2) is 28.7 Å². The number of nitro groups is 1. The van der Waals surface area contributed by atoms with Crippen molar-refractivity contribution in [2.24, 2.45) is 5.92 Å². The molecule has 1 aromatic heterocycles. The Balaban J connectivity index is 1.64. The molecule has 1 N–H and O–H groups in total. The van der Waals surface area contributed by atoms with Crippen molar-refractivity contribution in [2.75, 3.05) is 11.9 Å². The first-order valence-electron chi connectivity index (χ1n) is 8.54. The molecule has 1 aliphatic heterocycles. The molecule has 126 valence electrons. The minimum atomic E-state index is -0.360. The van der Waals surface area contributed by atoms with E-state index in [0.29, 0.717) is 12.1 Å². The van der Waals surface area contributed by atoms with Gasteiger partial charge < -0.3 is 10.1 Å². The summed E-state index contributed by atoms with van der Waals surface area (Å²) in [4.78, 5) is 15.2. The van der Waals surface area contributed by atoms with Crippen LogP contribution in [0.1, 0.15) is 31.4 Å². The first-order valence-corrected chi connectivity index (χ1v) is 8.54. The fourth-order valence-electron chi connectivity index (χ4n) is 3.55. The Kier molecular flexibility index (Phi) is 3.84. The van der Waals surface area contributed by atoms with Crippen LogP contribution in [0.5, 0.6) is 0 Å². The molecule has 0 bridgehead atoms. The highest BCUT2D eigenvalue weighted by Gasteiger charge is 2.35. The molecule has 1 aliphatic carbocycles. The van der Waals surface area contributed by atoms with Gasteiger partial charge in [-0.05, 0) is 50.7 Å². The van der Waals surface area contributed by atoms with Gasteiger partial charge in [0.25, 0.3) is 5.69 Å².